The first kappa shape index (κ1) is 36.1. The molecule has 4 heteroatoms. The fourth-order valence-electron chi connectivity index (χ4n) is 4.94. The molecule has 0 radical (unpaired) electrons. The van der Waals surface area contributed by atoms with Crippen LogP contribution >= 0.6 is 0 Å². The molecule has 0 rings (SSSR count). The van der Waals surface area contributed by atoms with E-state index in [-0.39, 0.29) is 12.5 Å². The predicted molar refractivity (Wildman–Crippen MR) is 161 cm³/mol. The summed E-state index contributed by atoms with van der Waals surface area (Å²) in [5.74, 6) is -0.0454. The lowest BCUT2D eigenvalue weighted by Crippen LogP contribution is -2.45. The molecule has 2 atom stereocenters. The van der Waals surface area contributed by atoms with Crippen molar-refractivity contribution in [2.75, 3.05) is 6.61 Å². The fourth-order valence-corrected chi connectivity index (χ4v) is 4.94. The molecule has 0 heterocycles. The molecule has 1 amide bonds. The fraction of sp³-hybridized carbons (Fsp3) is 0.909. The summed E-state index contributed by atoms with van der Waals surface area (Å²) >= 11 is 0. The normalized spacial score (nSPS) is 13.3. The van der Waals surface area contributed by atoms with Crippen LogP contribution in [0.15, 0.2) is 12.2 Å². The van der Waals surface area contributed by atoms with Gasteiger partial charge in [0.25, 0.3) is 0 Å². The SMILES string of the molecule is CCCCCCCCCCCC/C=C/CCCC[C@@H](O)[C@H](CO)NC(=O)CCCCCCCCCCC. The minimum Gasteiger partial charge on any atom is -0.394 e. The number of hydrogen-bond donors (Lipinski definition) is 3. The van der Waals surface area contributed by atoms with Crippen LogP contribution in [0.3, 0.4) is 0 Å². The third kappa shape index (κ3) is 26.5. The summed E-state index contributed by atoms with van der Waals surface area (Å²) in [6.45, 7) is 4.31. The summed E-state index contributed by atoms with van der Waals surface area (Å²) < 4.78 is 0. The minimum atomic E-state index is -0.673. The molecule has 0 bridgehead atoms. The Hall–Kier alpha value is -0.870. The van der Waals surface area contributed by atoms with Crippen molar-refractivity contribution in [2.24, 2.45) is 0 Å². The van der Waals surface area contributed by atoms with Gasteiger partial charge in [-0.25, -0.2) is 0 Å². The van der Waals surface area contributed by atoms with E-state index in [0.29, 0.717) is 12.8 Å². The van der Waals surface area contributed by atoms with E-state index in [0.717, 1.165) is 32.1 Å². The molecule has 37 heavy (non-hydrogen) atoms. The monoisotopic (exact) mass is 523 g/mol. The lowest BCUT2D eigenvalue weighted by atomic mass is 10.0. The van der Waals surface area contributed by atoms with Gasteiger partial charge in [0, 0.05) is 6.42 Å². The molecule has 0 unspecified atom stereocenters. The quantitative estimate of drug-likeness (QED) is 0.0676. The van der Waals surface area contributed by atoms with Gasteiger partial charge in [-0.15, -0.1) is 0 Å². The average Bonchev–Trinajstić information content (AvgIpc) is 2.90. The average molecular weight is 524 g/mol. The first-order chi connectivity index (χ1) is 18.2. The van der Waals surface area contributed by atoms with E-state index in [4.69, 9.17) is 0 Å². The van der Waals surface area contributed by atoms with E-state index >= 15 is 0 Å². The Morgan fingerprint density at radius 2 is 1.03 bits per heavy atom. The summed E-state index contributed by atoms with van der Waals surface area (Å²) in [6, 6.07) is -0.544. The van der Waals surface area contributed by atoms with Crippen LogP contribution in [-0.2, 0) is 4.79 Å². The van der Waals surface area contributed by atoms with Gasteiger partial charge < -0.3 is 15.5 Å². The number of allylic oxidation sites excluding steroid dienone is 2. The van der Waals surface area contributed by atoms with E-state index < -0.39 is 12.1 Å². The molecule has 0 aromatic carbocycles. The molecule has 4 nitrogen and oxygen atoms in total. The van der Waals surface area contributed by atoms with Crippen LogP contribution in [0.1, 0.15) is 174 Å². The smallest absolute Gasteiger partial charge is 0.220 e. The van der Waals surface area contributed by atoms with Gasteiger partial charge in [0.05, 0.1) is 18.8 Å². The molecule has 0 aromatic heterocycles. The third-order valence-electron chi connectivity index (χ3n) is 7.53. The van der Waals surface area contributed by atoms with E-state index in [9.17, 15) is 15.0 Å². The van der Waals surface area contributed by atoms with Crippen molar-refractivity contribution in [1.82, 2.24) is 5.32 Å². The summed E-state index contributed by atoms with van der Waals surface area (Å²) in [6.07, 6.45) is 34.0. The van der Waals surface area contributed by atoms with Crippen molar-refractivity contribution in [2.45, 2.75) is 187 Å². The zero-order valence-corrected chi connectivity index (χ0v) is 25.0. The van der Waals surface area contributed by atoms with Crippen LogP contribution in [-0.4, -0.2) is 34.9 Å². The number of hydrogen-bond acceptors (Lipinski definition) is 3. The second kappa shape index (κ2) is 29.7. The number of rotatable bonds is 29. The number of aliphatic hydroxyl groups excluding tert-OH is 2. The maximum absolute atomic E-state index is 12.2. The van der Waals surface area contributed by atoms with Crippen LogP contribution in [0.25, 0.3) is 0 Å². The number of carbonyl (C=O) groups is 1. The summed E-state index contributed by atoms with van der Waals surface area (Å²) in [5, 5.41) is 22.9. The largest absolute Gasteiger partial charge is 0.394 e. The van der Waals surface area contributed by atoms with Crippen molar-refractivity contribution >= 4 is 5.91 Å². The van der Waals surface area contributed by atoms with Crippen molar-refractivity contribution < 1.29 is 15.0 Å². The van der Waals surface area contributed by atoms with Crippen LogP contribution in [0.2, 0.25) is 0 Å². The van der Waals surface area contributed by atoms with Gasteiger partial charge >= 0.3 is 0 Å². The highest BCUT2D eigenvalue weighted by Gasteiger charge is 2.19. The number of amides is 1. The third-order valence-corrected chi connectivity index (χ3v) is 7.53. The van der Waals surface area contributed by atoms with Crippen LogP contribution < -0.4 is 5.32 Å². The molecule has 0 saturated carbocycles. The van der Waals surface area contributed by atoms with Crippen LogP contribution in [0, 0.1) is 0 Å². The van der Waals surface area contributed by atoms with Gasteiger partial charge in [-0.05, 0) is 38.5 Å². The molecule has 3 N–H and O–H groups in total. The van der Waals surface area contributed by atoms with Gasteiger partial charge in [-0.2, -0.15) is 0 Å². The summed E-state index contributed by atoms with van der Waals surface area (Å²) in [5.41, 5.74) is 0. The van der Waals surface area contributed by atoms with Gasteiger partial charge in [0.15, 0.2) is 0 Å². The highest BCUT2D eigenvalue weighted by atomic mass is 16.3. The van der Waals surface area contributed by atoms with Gasteiger partial charge in [-0.1, -0.05) is 142 Å². The van der Waals surface area contributed by atoms with E-state index in [2.05, 4.69) is 31.3 Å². The van der Waals surface area contributed by atoms with Gasteiger partial charge in [0.2, 0.25) is 5.91 Å². The number of aliphatic hydroxyl groups is 2. The van der Waals surface area contributed by atoms with Crippen molar-refractivity contribution in [1.29, 1.82) is 0 Å². The van der Waals surface area contributed by atoms with Crippen molar-refractivity contribution in [3.63, 3.8) is 0 Å². The topological polar surface area (TPSA) is 69.6 Å². The lowest BCUT2D eigenvalue weighted by molar-refractivity contribution is -0.123. The second-order valence-electron chi connectivity index (χ2n) is 11.2. The Kier molecular flexibility index (Phi) is 29.0. The Labute approximate surface area is 231 Å². The zero-order chi connectivity index (χ0) is 27.2. The predicted octanol–water partition coefficient (Wildman–Crippen LogP) is 9.17. The highest BCUT2D eigenvalue weighted by molar-refractivity contribution is 5.76. The van der Waals surface area contributed by atoms with Gasteiger partial charge in [0.1, 0.15) is 0 Å². The molecular formula is C33H65NO3. The maximum atomic E-state index is 12.2. The molecule has 0 saturated heterocycles. The Balaban J connectivity index is 3.61. The van der Waals surface area contributed by atoms with Crippen molar-refractivity contribution in [3.8, 4) is 0 Å². The molecule has 0 aliphatic heterocycles. The van der Waals surface area contributed by atoms with Crippen molar-refractivity contribution in [3.05, 3.63) is 12.2 Å². The number of carbonyl (C=O) groups excluding carboxylic acids is 1. The molecule has 0 aliphatic carbocycles. The Morgan fingerprint density at radius 1 is 0.622 bits per heavy atom. The Bertz CT molecular complexity index is 494. The van der Waals surface area contributed by atoms with E-state index in [1.165, 1.54) is 116 Å². The molecule has 0 fully saturated rings. The van der Waals surface area contributed by atoms with Gasteiger partial charge in [-0.3, -0.25) is 4.79 Å². The zero-order valence-electron chi connectivity index (χ0n) is 25.0. The Morgan fingerprint density at radius 3 is 1.49 bits per heavy atom. The lowest BCUT2D eigenvalue weighted by Gasteiger charge is -2.22. The summed E-state index contributed by atoms with van der Waals surface area (Å²) in [4.78, 5) is 12.2. The second-order valence-corrected chi connectivity index (χ2v) is 11.2. The first-order valence-electron chi connectivity index (χ1n) is 16.4. The molecule has 0 aromatic rings. The molecular weight excluding hydrogens is 458 g/mol. The molecule has 0 aliphatic rings. The molecule has 0 spiro atoms. The maximum Gasteiger partial charge on any atom is 0.220 e. The van der Waals surface area contributed by atoms with E-state index in [1.54, 1.807) is 0 Å². The van der Waals surface area contributed by atoms with E-state index in [1.807, 2.05) is 0 Å². The minimum absolute atomic E-state index is 0.0454. The first-order valence-corrected chi connectivity index (χ1v) is 16.4. The highest BCUT2D eigenvalue weighted by Crippen LogP contribution is 2.13. The summed E-state index contributed by atoms with van der Waals surface area (Å²) in [7, 11) is 0. The number of nitrogens with one attached hydrogen (secondary N) is 1. The standard InChI is InChI=1S/C33H65NO3/c1-3-5-7-9-11-13-14-15-16-17-18-19-21-22-24-26-28-32(36)31(30-35)34-33(37)29-27-25-23-20-12-10-8-6-4-2/h19,21,31-32,35-36H,3-18,20,22-30H2,1-2H3,(H,34,37)/b21-19+/t31-,32+/m0/s1. The molecule has 220 valence electrons. The van der Waals surface area contributed by atoms with Crippen LogP contribution in [0.5, 0.6) is 0 Å². The van der Waals surface area contributed by atoms with Crippen LogP contribution in [0.4, 0.5) is 0 Å². The number of unbranched alkanes of at least 4 members (excludes halogenated alkanes) is 20.